The number of hydrogen-bond acceptors (Lipinski definition) is 15. The highest BCUT2D eigenvalue weighted by Gasteiger charge is 2.79. The monoisotopic (exact) mass is 1110 g/mol. The van der Waals surface area contributed by atoms with Gasteiger partial charge in [0.15, 0.2) is 31.9 Å². The third kappa shape index (κ3) is 11.7. The molecule has 1 aliphatic heterocycles. The van der Waals surface area contributed by atoms with E-state index in [1.54, 1.807) is 64.1 Å². The lowest BCUT2D eigenvalue weighted by Crippen LogP contribution is -2.82. The Morgan fingerprint density at radius 1 is 0.896 bits per heavy atom. The highest BCUT2D eigenvalue weighted by molar-refractivity contribution is 6.77. The van der Waals surface area contributed by atoms with Gasteiger partial charge in [0.1, 0.15) is 30.5 Å². The minimum absolute atomic E-state index is 0.0380. The number of Topliss-reactive ketones (excluding diaryl/α,β-unsaturated/α-hetero) is 1. The van der Waals surface area contributed by atoms with Gasteiger partial charge < -0.3 is 47.7 Å². The van der Waals surface area contributed by atoms with Crippen LogP contribution in [0.3, 0.4) is 0 Å². The van der Waals surface area contributed by atoms with E-state index < -0.39 is 129 Å². The highest BCUT2D eigenvalue weighted by atomic mass is 28.4. The molecule has 0 unspecified atom stereocenters. The second kappa shape index (κ2) is 24.3. The average Bonchev–Trinajstić information content (AvgIpc) is 3.35. The number of benzene rings is 1. The van der Waals surface area contributed by atoms with Crippen LogP contribution in [0.1, 0.15) is 146 Å². The van der Waals surface area contributed by atoms with E-state index in [4.69, 9.17) is 37.3 Å². The molecule has 1 saturated heterocycles. The van der Waals surface area contributed by atoms with Gasteiger partial charge >= 0.3 is 30.0 Å². The number of amides is 1. The van der Waals surface area contributed by atoms with Crippen LogP contribution in [-0.2, 0) is 56.5 Å². The zero-order chi connectivity index (χ0) is 58.0. The third-order valence-corrected chi connectivity index (χ3v) is 28.5. The Morgan fingerprint density at radius 2 is 1.51 bits per heavy atom. The van der Waals surface area contributed by atoms with Crippen LogP contribution >= 0.6 is 0 Å². The molecule has 1 aromatic carbocycles. The van der Waals surface area contributed by atoms with Gasteiger partial charge in [-0.15, -0.1) is 0 Å². The van der Waals surface area contributed by atoms with Crippen LogP contribution < -0.4 is 5.32 Å². The molecule has 3 fully saturated rings. The number of rotatable bonds is 22. The zero-order valence-electron chi connectivity index (χ0n) is 48.9. The second-order valence-electron chi connectivity index (χ2n) is 23.6. The SMILES string of the molecule is C=CCOC(=O)N[C@@H](C=C(C)C)[C@@H](O[Si](C(C)C)(C(C)C)C(C)C)C(=O)O[C@H]1C[C@@]2(O)[C@@H](OC(=O)c3cccc(C=C)c3)[C@@H]3[C@]4(OC(C)=O)CO[C@@H]4C[C@H](O[Si](CC)(CC)CC)[C@@]3(C)C(=O)[C@H](OC(C)=O)C(=C1C)C2(C)C. The van der Waals surface area contributed by atoms with E-state index in [2.05, 4.69) is 80.8 Å². The summed E-state index contributed by atoms with van der Waals surface area (Å²) in [5, 5.41) is 17.3. The predicted octanol–water partition coefficient (Wildman–Crippen LogP) is 10.7. The van der Waals surface area contributed by atoms with Crippen molar-refractivity contribution >= 4 is 58.5 Å². The summed E-state index contributed by atoms with van der Waals surface area (Å²) in [7, 11) is -5.70. The third-order valence-electron chi connectivity index (χ3n) is 17.8. The highest BCUT2D eigenvalue weighted by Crippen LogP contribution is 2.65. The molecule has 1 amide bonds. The first-order valence-corrected chi connectivity index (χ1v) is 32.2. The molecular formula is C59H89NO15Si2. The Morgan fingerprint density at radius 3 is 2.00 bits per heavy atom. The number of ether oxygens (including phenoxy) is 6. The second-order valence-corrected chi connectivity index (χ2v) is 33.8. The van der Waals surface area contributed by atoms with Gasteiger partial charge in [0.2, 0.25) is 8.32 Å². The Balaban J connectivity index is 1.91. The molecular weight excluding hydrogens is 1020 g/mol. The summed E-state index contributed by atoms with van der Waals surface area (Å²) in [5.74, 6) is -5.41. The van der Waals surface area contributed by atoms with Crippen molar-refractivity contribution in [1.29, 1.82) is 0 Å². The summed E-state index contributed by atoms with van der Waals surface area (Å²) < 4.78 is 52.7. The van der Waals surface area contributed by atoms with Crippen LogP contribution in [0.4, 0.5) is 4.79 Å². The van der Waals surface area contributed by atoms with Crippen molar-refractivity contribution in [2.24, 2.45) is 16.7 Å². The van der Waals surface area contributed by atoms with Gasteiger partial charge in [0.05, 0.1) is 35.6 Å². The van der Waals surface area contributed by atoms with Crippen molar-refractivity contribution < 1.29 is 71.1 Å². The Bertz CT molecular complexity index is 2440. The quantitative estimate of drug-likeness (QED) is 0.0479. The van der Waals surface area contributed by atoms with E-state index in [0.717, 1.165) is 5.57 Å². The van der Waals surface area contributed by atoms with Crippen molar-refractivity contribution in [2.45, 2.75) is 219 Å². The molecule has 428 valence electrons. The fourth-order valence-electron chi connectivity index (χ4n) is 13.7. The number of fused-ring (bicyclic) bond motifs is 5. The lowest BCUT2D eigenvalue weighted by atomic mass is 9.44. The molecule has 1 heterocycles. The molecule has 1 aromatic rings. The maximum absolute atomic E-state index is 16.7. The number of carbonyl (C=O) groups is 6. The van der Waals surface area contributed by atoms with Crippen LogP contribution in [-0.4, -0.2) is 125 Å². The molecule has 77 heavy (non-hydrogen) atoms. The summed E-state index contributed by atoms with van der Waals surface area (Å²) in [6, 6.07) is 7.48. The summed E-state index contributed by atoms with van der Waals surface area (Å²) in [6.07, 6.45) is -4.85. The van der Waals surface area contributed by atoms with Gasteiger partial charge in [0.25, 0.3) is 0 Å². The Kier molecular flexibility index (Phi) is 19.9. The smallest absolute Gasteiger partial charge is 0.408 e. The predicted molar refractivity (Wildman–Crippen MR) is 299 cm³/mol. The summed E-state index contributed by atoms with van der Waals surface area (Å²) in [4.78, 5) is 88.2. The molecule has 2 bridgehead atoms. The van der Waals surface area contributed by atoms with Crippen molar-refractivity contribution in [3.05, 3.63) is 77.4 Å². The maximum Gasteiger partial charge on any atom is 0.408 e. The fraction of sp³-hybridized carbons (Fsp3) is 0.661. The largest absolute Gasteiger partial charge is 0.456 e. The first kappa shape index (κ1) is 63.1. The first-order chi connectivity index (χ1) is 35.9. The molecule has 2 N–H and O–H groups in total. The van der Waals surface area contributed by atoms with Crippen molar-refractivity contribution in [3.8, 4) is 0 Å². The first-order valence-electron chi connectivity index (χ1n) is 27.5. The van der Waals surface area contributed by atoms with Gasteiger partial charge in [-0.25, -0.2) is 14.4 Å². The number of allylic oxidation sites excluding steroid dienone is 1. The fourth-order valence-corrected chi connectivity index (χ4v) is 22.1. The average molecular weight is 1110 g/mol. The van der Waals surface area contributed by atoms with Gasteiger partial charge in [0, 0.05) is 32.1 Å². The Labute approximate surface area is 459 Å². The number of hydrogen-bond donors (Lipinski definition) is 2. The van der Waals surface area contributed by atoms with Crippen LogP contribution in [0.15, 0.2) is 66.3 Å². The zero-order valence-corrected chi connectivity index (χ0v) is 50.9. The molecule has 0 aromatic heterocycles. The minimum atomic E-state index is -3.03. The summed E-state index contributed by atoms with van der Waals surface area (Å²) in [5.41, 5.74) is -5.84. The lowest BCUT2D eigenvalue weighted by molar-refractivity contribution is -0.344. The van der Waals surface area contributed by atoms with Gasteiger partial charge in [-0.05, 0) is 91.3 Å². The van der Waals surface area contributed by atoms with Crippen LogP contribution in [0.5, 0.6) is 0 Å². The lowest BCUT2D eigenvalue weighted by Gasteiger charge is -2.68. The number of ketones is 1. The normalized spacial score (nSPS) is 28.6. The maximum atomic E-state index is 16.7. The van der Waals surface area contributed by atoms with Gasteiger partial charge in [-0.3, -0.25) is 14.4 Å². The molecule has 5 rings (SSSR count). The van der Waals surface area contributed by atoms with Gasteiger partial charge in [-0.2, -0.15) is 0 Å². The van der Waals surface area contributed by atoms with E-state index in [-0.39, 0.29) is 47.4 Å². The molecule has 3 aliphatic carbocycles. The standard InChI is InChI=1S/C59H89NO15Si2/c1-20-28-68-55(66)60-43(29-34(6)7)48(75-77(35(8)9,36(10)11)37(12)13)54(65)71-44-32-59(67)52(72-53(64)42-27-25-26-41(21-2)30-42)50-57(19,51(63)49(70-39(15)61)47(38(44)14)56(59,17)18)45(74-76(22-3,23-4)24-5)31-46-58(50,33-69-46)73-40(16)62/h20-21,25-27,29-30,35-37,43-46,48-50,52,67H,1-2,22-24,28,31-33H2,3-19H3,(H,60,66)/t43-,44-,45-,46+,48+,49+,50-,52-,57+,58-,59+/m0/s1. The molecule has 16 nitrogen and oxygen atoms in total. The summed E-state index contributed by atoms with van der Waals surface area (Å²) >= 11 is 0. The molecule has 2 saturated carbocycles. The summed E-state index contributed by atoms with van der Waals surface area (Å²) in [6.45, 7) is 38.4. The van der Waals surface area contributed by atoms with Crippen molar-refractivity contribution in [1.82, 2.24) is 5.32 Å². The van der Waals surface area contributed by atoms with Gasteiger partial charge in [-0.1, -0.05) is 125 Å². The van der Waals surface area contributed by atoms with E-state index in [1.165, 1.54) is 19.9 Å². The molecule has 0 spiro atoms. The molecule has 18 heteroatoms. The van der Waals surface area contributed by atoms with Crippen molar-refractivity contribution in [2.75, 3.05) is 13.2 Å². The van der Waals surface area contributed by atoms with E-state index in [1.807, 2.05) is 13.8 Å². The number of nitrogens with one attached hydrogen (secondary N) is 1. The van der Waals surface area contributed by atoms with E-state index in [0.29, 0.717) is 29.3 Å². The number of carbonyl (C=O) groups excluding carboxylic acids is 6. The molecule has 0 radical (unpaired) electrons. The minimum Gasteiger partial charge on any atom is -0.456 e. The number of esters is 4. The van der Waals surface area contributed by atoms with E-state index in [9.17, 15) is 19.5 Å². The van der Waals surface area contributed by atoms with E-state index >= 15 is 14.4 Å². The van der Waals surface area contributed by atoms with Crippen molar-refractivity contribution in [3.63, 3.8) is 0 Å². The molecule has 4 aliphatic rings. The van der Waals surface area contributed by atoms with Crippen LogP contribution in [0.25, 0.3) is 6.08 Å². The van der Waals surface area contributed by atoms with Crippen LogP contribution in [0, 0.1) is 16.7 Å². The topological polar surface area (TPSA) is 209 Å². The Hall–Kier alpha value is -4.73. The van der Waals surface area contributed by atoms with Crippen LogP contribution in [0.2, 0.25) is 34.8 Å². The number of alkyl carbamates (subject to hydrolysis) is 1. The number of aliphatic hydroxyl groups is 1. The molecule has 11 atom stereocenters.